The molecule has 0 amide bonds. The van der Waals surface area contributed by atoms with Gasteiger partial charge in [0.15, 0.2) is 0 Å². The van der Waals surface area contributed by atoms with Crippen LogP contribution in [0.2, 0.25) is 14.2 Å². The molecule has 0 aromatic rings. The fraction of sp³-hybridized carbons (Fsp3) is 1.00. The van der Waals surface area contributed by atoms with E-state index in [0.717, 1.165) is 0 Å². The molecular weight excluding hydrogens is 315 g/mol. The minimum absolute atomic E-state index is 0.149. The van der Waals surface area contributed by atoms with Gasteiger partial charge in [-0.2, -0.15) is 0 Å². The summed E-state index contributed by atoms with van der Waals surface area (Å²) in [5, 5.41) is 6.51. The van der Waals surface area contributed by atoms with Crippen LogP contribution in [0.15, 0.2) is 0 Å². The maximum atomic E-state index is 5.25. The average Bonchev–Trinajstić information content (AvgIpc) is 2.33. The van der Waals surface area contributed by atoms with E-state index in [4.69, 9.17) is 5.31 Å². The Morgan fingerprint density at radius 2 is 1.25 bits per heavy atom. The SMILES string of the molecule is CCC[CH2][Al].CCC[CH2][Sn][CH2]CCC.[B]=N. The molecule has 0 atom stereocenters. The molecule has 0 aliphatic carbocycles. The molecule has 0 aliphatic heterocycles. The summed E-state index contributed by atoms with van der Waals surface area (Å²) in [7, 11) is 3.75. The van der Waals surface area contributed by atoms with Crippen molar-refractivity contribution in [3.8, 4) is 0 Å². The zero-order chi connectivity index (χ0) is 13.1. The zero-order valence-electron chi connectivity index (χ0n) is 11.5. The van der Waals surface area contributed by atoms with E-state index in [1.807, 2.05) is 0 Å². The molecule has 1 N–H and O–H groups in total. The predicted molar refractivity (Wildman–Crippen MR) is 79.1 cm³/mol. The van der Waals surface area contributed by atoms with Gasteiger partial charge in [0.05, 0.1) is 0 Å². The number of rotatable bonds is 8. The third-order valence-corrected chi connectivity index (χ3v) is 6.42. The second-order valence-corrected chi connectivity index (χ2v) is 8.46. The molecule has 0 rings (SSSR count). The first-order chi connectivity index (χ1) is 7.83. The molecule has 1 nitrogen and oxygen atoms in total. The van der Waals surface area contributed by atoms with Gasteiger partial charge in [0.25, 0.3) is 0 Å². The predicted octanol–water partition coefficient (Wildman–Crippen LogP) is 4.42. The Kier molecular flexibility index (Phi) is 41.7. The Balaban J connectivity index is -0.000000205. The van der Waals surface area contributed by atoms with E-state index in [9.17, 15) is 0 Å². The van der Waals surface area contributed by atoms with Crippen molar-refractivity contribution in [3.05, 3.63) is 0 Å². The van der Waals surface area contributed by atoms with Crippen LogP contribution in [0.1, 0.15) is 59.3 Å². The third kappa shape index (κ3) is 36.2. The van der Waals surface area contributed by atoms with Gasteiger partial charge in [-0.1, -0.05) is 19.8 Å². The van der Waals surface area contributed by atoms with Crippen LogP contribution < -0.4 is 0 Å². The van der Waals surface area contributed by atoms with E-state index in [-0.39, 0.29) is 21.1 Å². The molecule has 91 valence electrons. The minimum atomic E-state index is 0.149. The van der Waals surface area contributed by atoms with E-state index >= 15 is 0 Å². The molecule has 0 aromatic heterocycles. The first-order valence-corrected chi connectivity index (χ1v) is 11.4. The molecule has 0 aromatic carbocycles. The average molecular weight is 343 g/mol. The van der Waals surface area contributed by atoms with Crippen LogP contribution in [0.3, 0.4) is 0 Å². The molecular formula is C12H28AlBNSn. The second-order valence-electron chi connectivity index (χ2n) is 3.60. The summed E-state index contributed by atoms with van der Waals surface area (Å²) in [6, 6.07) is 0. The van der Waals surface area contributed by atoms with Crippen molar-refractivity contribution in [2.24, 2.45) is 0 Å². The van der Waals surface area contributed by atoms with Crippen molar-refractivity contribution in [1.29, 1.82) is 5.31 Å². The monoisotopic (exact) mass is 344 g/mol. The van der Waals surface area contributed by atoms with Crippen LogP contribution in [0.4, 0.5) is 0 Å². The quantitative estimate of drug-likeness (QED) is 0.499. The van der Waals surface area contributed by atoms with Gasteiger partial charge in [-0.05, 0) is 0 Å². The van der Waals surface area contributed by atoms with E-state index in [2.05, 4.69) is 44.7 Å². The first-order valence-electron chi connectivity index (χ1n) is 6.53. The summed E-state index contributed by atoms with van der Waals surface area (Å²) < 4.78 is 3.25. The van der Waals surface area contributed by atoms with Gasteiger partial charge in [0, 0.05) is 0 Å². The van der Waals surface area contributed by atoms with Crippen molar-refractivity contribution in [2.45, 2.75) is 73.5 Å². The molecule has 0 unspecified atom stereocenters. The number of hydrogen-bond donors (Lipinski definition) is 1. The zero-order valence-corrected chi connectivity index (χ0v) is 15.5. The van der Waals surface area contributed by atoms with Gasteiger partial charge in [0.2, 0.25) is 0 Å². The van der Waals surface area contributed by atoms with Gasteiger partial charge >= 0.3 is 82.5 Å². The summed E-state index contributed by atoms with van der Waals surface area (Å²) >= 11 is 2.85. The molecule has 0 saturated carbocycles. The van der Waals surface area contributed by atoms with Crippen LogP contribution in [-0.4, -0.2) is 45.1 Å². The molecule has 0 saturated heterocycles. The molecule has 0 aliphatic rings. The summed E-state index contributed by atoms with van der Waals surface area (Å²) in [5.41, 5.74) is 0. The summed E-state index contributed by atoms with van der Waals surface area (Å²) in [6.45, 7) is 6.78. The molecule has 5 radical (unpaired) electrons. The number of unbranched alkanes of at least 4 members (excludes halogenated alkanes) is 3. The van der Waals surface area contributed by atoms with Crippen LogP contribution in [0.5, 0.6) is 0 Å². The second kappa shape index (κ2) is 29.8. The van der Waals surface area contributed by atoms with Crippen LogP contribution in [0, 0.1) is 5.31 Å². The Morgan fingerprint density at radius 1 is 0.875 bits per heavy atom. The van der Waals surface area contributed by atoms with Crippen molar-refractivity contribution >= 4 is 45.1 Å². The molecule has 16 heavy (non-hydrogen) atoms. The maximum absolute atomic E-state index is 5.25. The Hall–Kier alpha value is 1.20. The Bertz CT molecular complexity index is 89.1. The van der Waals surface area contributed by atoms with Gasteiger partial charge in [-0.15, -0.1) is 5.28 Å². The molecule has 0 bridgehead atoms. The fourth-order valence-corrected chi connectivity index (χ4v) is 5.50. The normalized spacial score (nSPS) is 8.38. The van der Waals surface area contributed by atoms with Crippen LogP contribution in [-0.2, 0) is 0 Å². The summed E-state index contributed by atoms with van der Waals surface area (Å²) in [4.78, 5) is 0. The van der Waals surface area contributed by atoms with E-state index in [0.29, 0.717) is 0 Å². The number of hydrogen-bond acceptors (Lipinski definition) is 1. The molecule has 0 fully saturated rings. The Labute approximate surface area is 123 Å². The van der Waals surface area contributed by atoms with Gasteiger partial charge in [-0.25, -0.2) is 0 Å². The van der Waals surface area contributed by atoms with E-state index in [1.165, 1.54) is 43.8 Å². The van der Waals surface area contributed by atoms with Crippen molar-refractivity contribution in [2.75, 3.05) is 0 Å². The van der Waals surface area contributed by atoms with Crippen molar-refractivity contribution in [3.63, 3.8) is 0 Å². The van der Waals surface area contributed by atoms with Gasteiger partial charge in [-0.3, -0.25) is 0 Å². The Morgan fingerprint density at radius 3 is 1.44 bits per heavy atom. The van der Waals surface area contributed by atoms with Crippen LogP contribution in [0.25, 0.3) is 0 Å². The first kappa shape index (κ1) is 22.4. The van der Waals surface area contributed by atoms with Crippen molar-refractivity contribution in [1.82, 2.24) is 0 Å². The standard InChI is InChI=1S/3C4H9.Al.BHN.Sn/c3*1-3-4-2;;1-2;/h3*1,3-4H2,2H3;;2H;. The molecule has 0 spiro atoms. The van der Waals surface area contributed by atoms with Crippen molar-refractivity contribution < 1.29 is 0 Å². The molecule has 0 heterocycles. The van der Waals surface area contributed by atoms with E-state index < -0.39 is 0 Å². The topological polar surface area (TPSA) is 23.9 Å². The summed E-state index contributed by atoms with van der Waals surface area (Å²) in [6.07, 6.45) is 8.51. The molecule has 4 heteroatoms. The van der Waals surface area contributed by atoms with Gasteiger partial charge in [0.1, 0.15) is 16.3 Å². The number of nitrogens with one attached hydrogen (secondary N) is 1. The van der Waals surface area contributed by atoms with Gasteiger partial charge < -0.3 is 0 Å². The fourth-order valence-electron chi connectivity index (χ4n) is 0.933. The van der Waals surface area contributed by atoms with E-state index in [1.54, 1.807) is 8.87 Å². The third-order valence-electron chi connectivity index (χ3n) is 1.97. The summed E-state index contributed by atoms with van der Waals surface area (Å²) in [5.74, 6) is 0. The van der Waals surface area contributed by atoms with Crippen LogP contribution >= 0.6 is 0 Å².